The Kier molecular flexibility index (Phi) is 5.55. The molecule has 3 nitrogen and oxygen atoms in total. The Hall–Kier alpha value is -4.65. The van der Waals surface area contributed by atoms with Crippen LogP contribution in [0.2, 0.25) is 0 Å². The quantitative estimate of drug-likeness (QED) is 0.122. The van der Waals surface area contributed by atoms with Gasteiger partial charge in [0.25, 0.3) is 0 Å². The first-order chi connectivity index (χ1) is 21.3. The number of aryl methyl sites for hydroxylation is 1. The van der Waals surface area contributed by atoms with Crippen LogP contribution in [-0.4, -0.2) is 11.1 Å². The molecule has 0 amide bonds. The molecular weight excluding hydrogens is 580 g/mol. The summed E-state index contributed by atoms with van der Waals surface area (Å²) in [6.07, 6.45) is 4.37. The van der Waals surface area contributed by atoms with Gasteiger partial charge in [-0.05, 0) is 62.4 Å². The fraction of sp³-hybridized carbons (Fsp3) is 0.237. The molecule has 1 aliphatic heterocycles. The highest BCUT2D eigenvalue weighted by molar-refractivity contribution is 6.09. The second-order valence-corrected chi connectivity index (χ2v) is 13.6. The van der Waals surface area contributed by atoms with Gasteiger partial charge in [0.05, 0.1) is 0 Å². The van der Waals surface area contributed by atoms with Crippen molar-refractivity contribution in [2.24, 2.45) is 0 Å². The molecule has 45 heavy (non-hydrogen) atoms. The summed E-state index contributed by atoms with van der Waals surface area (Å²) in [6, 6.07) is 14.9. The second kappa shape index (κ2) is 8.96. The van der Waals surface area contributed by atoms with E-state index in [1.54, 1.807) is 12.1 Å². The Bertz CT molecular complexity index is 2350. The predicted molar refractivity (Wildman–Crippen MR) is 166 cm³/mol. The molecule has 5 aromatic rings. The van der Waals surface area contributed by atoms with Gasteiger partial charge >= 0.3 is 5.97 Å². The summed E-state index contributed by atoms with van der Waals surface area (Å²) in [5, 5.41) is 14.4. The zero-order chi connectivity index (χ0) is 31.7. The van der Waals surface area contributed by atoms with E-state index in [0.717, 1.165) is 45.5 Å². The Balaban J connectivity index is 1.76. The summed E-state index contributed by atoms with van der Waals surface area (Å²) in [6.45, 7) is 8.32. The molecule has 1 N–H and O–H groups in total. The molecule has 2 aliphatic carbocycles. The van der Waals surface area contributed by atoms with Crippen molar-refractivity contribution in [3.63, 3.8) is 0 Å². The number of carboxylic acid groups (broad SMARTS) is 1. The Morgan fingerprint density at radius 2 is 1.36 bits per heavy atom. The fourth-order valence-electron chi connectivity index (χ4n) is 8.05. The van der Waals surface area contributed by atoms with Gasteiger partial charge in [0, 0.05) is 33.0 Å². The van der Waals surface area contributed by atoms with Crippen LogP contribution in [0.15, 0.2) is 48.5 Å². The number of fused-ring (bicyclic) bond motifs is 12. The minimum atomic E-state index is -2.17. The number of carbonyl (C=O) groups is 1. The smallest absolute Gasteiger partial charge is 0.339 e. The number of benzene rings is 5. The SMILES string of the molecule is CC1(C)CCc2c1c1c(c3ccccc23)C(c2c(F)c(F)c(F)c(F)c2C(=O)O)=c2c(c3c(c4ccccc24)=CCC3(C)C)O1. The molecular formula is C38H28F4O3. The average Bonchev–Trinajstić information content (AvgIpc) is 3.52. The van der Waals surface area contributed by atoms with Crippen LogP contribution >= 0.6 is 0 Å². The van der Waals surface area contributed by atoms with Gasteiger partial charge in [0.1, 0.15) is 17.1 Å². The molecule has 0 unspecified atom stereocenters. The van der Waals surface area contributed by atoms with E-state index in [1.807, 2.05) is 36.4 Å². The van der Waals surface area contributed by atoms with Gasteiger partial charge in [-0.15, -0.1) is 0 Å². The monoisotopic (exact) mass is 608 g/mol. The van der Waals surface area contributed by atoms with E-state index < -0.39 is 45.8 Å². The minimum Gasteiger partial charge on any atom is -0.478 e. The van der Waals surface area contributed by atoms with Crippen LogP contribution in [-0.2, 0) is 17.3 Å². The third kappa shape index (κ3) is 3.49. The van der Waals surface area contributed by atoms with Crippen molar-refractivity contribution >= 4 is 39.2 Å². The number of aromatic carboxylic acids is 1. The maximum atomic E-state index is 16.4. The van der Waals surface area contributed by atoms with Gasteiger partial charge in [0.15, 0.2) is 23.3 Å². The molecule has 0 radical (unpaired) electrons. The van der Waals surface area contributed by atoms with E-state index in [2.05, 4.69) is 33.8 Å². The zero-order valence-electron chi connectivity index (χ0n) is 25.1. The van der Waals surface area contributed by atoms with E-state index in [1.165, 1.54) is 0 Å². The maximum Gasteiger partial charge on any atom is 0.339 e. The third-order valence-electron chi connectivity index (χ3n) is 10.1. The van der Waals surface area contributed by atoms with E-state index in [9.17, 15) is 14.3 Å². The highest BCUT2D eigenvalue weighted by Crippen LogP contribution is 2.55. The van der Waals surface area contributed by atoms with Crippen molar-refractivity contribution in [3.8, 4) is 11.5 Å². The minimum absolute atomic E-state index is 0.0256. The molecule has 0 saturated heterocycles. The van der Waals surface area contributed by atoms with Gasteiger partial charge in [-0.25, -0.2) is 22.4 Å². The van der Waals surface area contributed by atoms with Crippen molar-refractivity contribution in [1.29, 1.82) is 0 Å². The Labute approximate surface area is 256 Å². The number of rotatable bonds is 2. The van der Waals surface area contributed by atoms with Crippen LogP contribution in [0.5, 0.6) is 11.5 Å². The molecule has 8 rings (SSSR count). The van der Waals surface area contributed by atoms with E-state index >= 15 is 13.2 Å². The first kappa shape index (κ1) is 27.9. The molecule has 226 valence electrons. The summed E-state index contributed by atoms with van der Waals surface area (Å²) in [5.41, 5.74) is 0.186. The lowest BCUT2D eigenvalue weighted by Gasteiger charge is -2.33. The highest BCUT2D eigenvalue weighted by atomic mass is 19.2. The Morgan fingerprint density at radius 3 is 2.04 bits per heavy atom. The molecule has 5 aromatic carbocycles. The number of carboxylic acids is 1. The van der Waals surface area contributed by atoms with Crippen molar-refractivity contribution in [3.05, 3.63) is 116 Å². The van der Waals surface area contributed by atoms with Crippen LogP contribution in [0, 0.1) is 23.3 Å². The molecule has 0 spiro atoms. The lowest BCUT2D eigenvalue weighted by atomic mass is 9.77. The number of halogens is 4. The first-order valence-electron chi connectivity index (χ1n) is 15.0. The maximum absolute atomic E-state index is 16.4. The summed E-state index contributed by atoms with van der Waals surface area (Å²) in [5.74, 6) is -9.06. The van der Waals surface area contributed by atoms with Crippen LogP contribution in [0.4, 0.5) is 17.6 Å². The van der Waals surface area contributed by atoms with Gasteiger partial charge < -0.3 is 9.84 Å². The summed E-state index contributed by atoms with van der Waals surface area (Å²) in [7, 11) is 0. The van der Waals surface area contributed by atoms with Crippen molar-refractivity contribution in [1.82, 2.24) is 0 Å². The van der Waals surface area contributed by atoms with Gasteiger partial charge in [-0.2, -0.15) is 0 Å². The predicted octanol–water partition coefficient (Wildman–Crippen LogP) is 8.29. The number of hydrogen-bond acceptors (Lipinski definition) is 2. The number of ether oxygens (including phenoxy) is 1. The fourth-order valence-corrected chi connectivity index (χ4v) is 8.05. The molecule has 1 heterocycles. The summed E-state index contributed by atoms with van der Waals surface area (Å²) in [4.78, 5) is 12.7. The van der Waals surface area contributed by atoms with Crippen LogP contribution in [0.1, 0.15) is 78.7 Å². The summed E-state index contributed by atoms with van der Waals surface area (Å²) < 4.78 is 69.0. The first-order valence-corrected chi connectivity index (χ1v) is 15.0. The normalized spacial score (nSPS) is 17.0. The standard InChI is InChI=1S/C38H28F4O3/c1-37(2)15-13-21-17-9-5-7-11-19(17)23-25(26-27(36(43)44)31(40)33(42)32(41)30(26)39)24-20-12-8-6-10-18(20)22-14-16-38(3,4)29(22)35(24)45-34(23)28(21)37/h5-13H,14-16H2,1-4H3,(H,43,44). The molecule has 7 heteroatoms. The molecule has 0 fully saturated rings. The van der Waals surface area contributed by atoms with Crippen molar-refractivity contribution in [2.45, 2.75) is 57.8 Å². The zero-order valence-corrected chi connectivity index (χ0v) is 25.1. The van der Waals surface area contributed by atoms with E-state index in [0.29, 0.717) is 39.5 Å². The molecule has 0 saturated carbocycles. The van der Waals surface area contributed by atoms with Crippen molar-refractivity contribution in [2.75, 3.05) is 0 Å². The van der Waals surface area contributed by atoms with Crippen LogP contribution < -0.4 is 15.2 Å². The lowest BCUT2D eigenvalue weighted by molar-refractivity contribution is 0.0689. The van der Waals surface area contributed by atoms with Gasteiger partial charge in [0.2, 0.25) is 0 Å². The van der Waals surface area contributed by atoms with Crippen LogP contribution in [0.25, 0.3) is 33.2 Å². The molecule has 0 aromatic heterocycles. The molecule has 0 atom stereocenters. The van der Waals surface area contributed by atoms with Gasteiger partial charge in [-0.1, -0.05) is 82.3 Å². The lowest BCUT2D eigenvalue weighted by Crippen LogP contribution is -2.31. The average molecular weight is 609 g/mol. The second-order valence-electron chi connectivity index (χ2n) is 13.6. The topological polar surface area (TPSA) is 46.5 Å². The highest BCUT2D eigenvalue weighted by Gasteiger charge is 2.43. The summed E-state index contributed by atoms with van der Waals surface area (Å²) >= 11 is 0. The molecule has 0 bridgehead atoms. The van der Waals surface area contributed by atoms with E-state index in [4.69, 9.17) is 4.74 Å². The number of hydrogen-bond donors (Lipinski definition) is 1. The third-order valence-corrected chi connectivity index (χ3v) is 10.1. The van der Waals surface area contributed by atoms with Crippen molar-refractivity contribution < 1.29 is 32.2 Å². The van der Waals surface area contributed by atoms with Gasteiger partial charge in [-0.3, -0.25) is 0 Å². The Morgan fingerprint density at radius 1 is 0.733 bits per heavy atom. The molecule has 3 aliphatic rings. The largest absolute Gasteiger partial charge is 0.478 e. The van der Waals surface area contributed by atoms with E-state index in [-0.39, 0.29) is 11.0 Å². The van der Waals surface area contributed by atoms with Crippen LogP contribution in [0.3, 0.4) is 0 Å².